The second-order valence-electron chi connectivity index (χ2n) is 15.5. The molecule has 264 valence electrons. The highest BCUT2D eigenvalue weighted by atomic mass is 35.5. The van der Waals surface area contributed by atoms with Gasteiger partial charge in [-0.25, -0.2) is 4.42 Å². The van der Waals surface area contributed by atoms with Crippen molar-refractivity contribution in [2.75, 3.05) is 6.54 Å². The molecule has 0 radical (unpaired) electrons. The zero-order valence-electron chi connectivity index (χ0n) is 31.1. The Kier molecular flexibility index (Phi) is 30.6. The minimum Gasteiger partial charge on any atom is -0.217 e. The van der Waals surface area contributed by atoms with Crippen molar-refractivity contribution in [3.05, 3.63) is 0 Å². The summed E-state index contributed by atoms with van der Waals surface area (Å²) >= 11 is 6.75. The molecule has 1 aliphatic heterocycles. The van der Waals surface area contributed by atoms with E-state index in [1.165, 1.54) is 231 Å². The fourth-order valence-corrected chi connectivity index (χ4v) is 8.48. The van der Waals surface area contributed by atoms with Crippen molar-refractivity contribution in [2.45, 2.75) is 258 Å². The lowest BCUT2D eigenvalue weighted by Crippen LogP contribution is -2.38. The van der Waals surface area contributed by atoms with Gasteiger partial charge in [0.25, 0.3) is 0 Å². The summed E-state index contributed by atoms with van der Waals surface area (Å²) in [5, 5.41) is 0. The average Bonchev–Trinajstić information content (AvgIpc) is 3.47. The molecule has 0 aromatic heterocycles. The molecule has 0 N–H and O–H groups in total. The van der Waals surface area contributed by atoms with E-state index in [-0.39, 0.29) is 0 Å². The standard InChI is InChI=1S/C42H84ClN/c1-4-6-8-10-12-14-16-18-20-22-24-26-28-30-32-34-38-42(3,41-37-36-40-44(41)43)39-35-33-31-29-27-25-23-21-19-17-15-13-11-9-7-5-2/h41H,4-40H2,1-3H3. The smallest absolute Gasteiger partial charge is 0.0305 e. The number of hydrogen-bond acceptors (Lipinski definition) is 1. The van der Waals surface area contributed by atoms with Gasteiger partial charge < -0.3 is 0 Å². The third-order valence-corrected chi connectivity index (χ3v) is 11.6. The largest absolute Gasteiger partial charge is 0.217 e. The van der Waals surface area contributed by atoms with E-state index in [2.05, 4.69) is 25.2 Å². The zero-order chi connectivity index (χ0) is 31.8. The Morgan fingerprint density at radius 2 is 0.682 bits per heavy atom. The fourth-order valence-electron chi connectivity index (χ4n) is 8.03. The van der Waals surface area contributed by atoms with Crippen LogP contribution in [0.3, 0.4) is 0 Å². The van der Waals surface area contributed by atoms with Gasteiger partial charge in [0.1, 0.15) is 0 Å². The van der Waals surface area contributed by atoms with Crippen LogP contribution in [-0.2, 0) is 0 Å². The van der Waals surface area contributed by atoms with Crippen LogP contribution in [0.1, 0.15) is 252 Å². The fraction of sp³-hybridized carbons (Fsp3) is 1.00. The van der Waals surface area contributed by atoms with Crippen LogP contribution < -0.4 is 0 Å². The van der Waals surface area contributed by atoms with E-state index >= 15 is 0 Å². The monoisotopic (exact) mass is 638 g/mol. The molecule has 0 bridgehead atoms. The van der Waals surface area contributed by atoms with Gasteiger partial charge in [-0.2, -0.15) is 0 Å². The van der Waals surface area contributed by atoms with Gasteiger partial charge >= 0.3 is 0 Å². The van der Waals surface area contributed by atoms with Crippen molar-refractivity contribution < 1.29 is 0 Å². The molecule has 0 spiro atoms. The van der Waals surface area contributed by atoms with Crippen LogP contribution in [0.15, 0.2) is 0 Å². The molecule has 1 fully saturated rings. The third kappa shape index (κ3) is 24.4. The number of hydrogen-bond donors (Lipinski definition) is 0. The van der Waals surface area contributed by atoms with Crippen molar-refractivity contribution in [2.24, 2.45) is 5.41 Å². The summed E-state index contributed by atoms with van der Waals surface area (Å²) in [6, 6.07) is 0.608. The van der Waals surface area contributed by atoms with Crippen molar-refractivity contribution in [1.82, 2.24) is 4.42 Å². The Labute approximate surface area is 285 Å². The molecule has 2 heteroatoms. The molecule has 0 aromatic carbocycles. The number of unbranched alkanes of at least 4 members (excludes halogenated alkanes) is 30. The van der Waals surface area contributed by atoms with Crippen LogP contribution in [0.2, 0.25) is 0 Å². The summed E-state index contributed by atoms with van der Waals surface area (Å²) in [7, 11) is 0. The lowest BCUT2D eigenvalue weighted by molar-refractivity contribution is 0.138. The molecule has 1 saturated heterocycles. The molecule has 1 atom stereocenters. The lowest BCUT2D eigenvalue weighted by Gasteiger charge is -2.38. The predicted octanol–water partition coefficient (Wildman–Crippen LogP) is 15.9. The maximum Gasteiger partial charge on any atom is 0.0305 e. The van der Waals surface area contributed by atoms with Gasteiger partial charge in [0.2, 0.25) is 0 Å². The van der Waals surface area contributed by atoms with Crippen LogP contribution in [-0.4, -0.2) is 17.0 Å². The average molecular weight is 639 g/mol. The predicted molar refractivity (Wildman–Crippen MR) is 202 cm³/mol. The van der Waals surface area contributed by atoms with E-state index in [1.54, 1.807) is 0 Å². The first-order chi connectivity index (χ1) is 21.6. The van der Waals surface area contributed by atoms with Crippen molar-refractivity contribution in [3.8, 4) is 0 Å². The van der Waals surface area contributed by atoms with Gasteiger partial charge in [-0.05, 0) is 42.9 Å². The second-order valence-corrected chi connectivity index (χ2v) is 16.0. The summed E-state index contributed by atoms with van der Waals surface area (Å²) < 4.78 is 2.19. The van der Waals surface area contributed by atoms with Gasteiger partial charge in [0.15, 0.2) is 0 Å². The van der Waals surface area contributed by atoms with Gasteiger partial charge in [0, 0.05) is 12.6 Å². The van der Waals surface area contributed by atoms with Gasteiger partial charge in [-0.15, -0.1) is 0 Å². The minimum atomic E-state index is 0.421. The number of rotatable bonds is 35. The molecule has 0 aliphatic carbocycles. The van der Waals surface area contributed by atoms with E-state index in [1.807, 2.05) is 0 Å². The maximum absolute atomic E-state index is 6.75. The van der Waals surface area contributed by atoms with E-state index < -0.39 is 0 Å². The first-order valence-corrected chi connectivity index (χ1v) is 21.4. The summed E-state index contributed by atoms with van der Waals surface area (Å²) in [6.07, 6.45) is 51.9. The Balaban J connectivity index is 2.01. The van der Waals surface area contributed by atoms with Crippen LogP contribution >= 0.6 is 11.8 Å². The van der Waals surface area contributed by atoms with Crippen LogP contribution in [0.4, 0.5) is 0 Å². The molecule has 0 amide bonds. The van der Waals surface area contributed by atoms with E-state index in [9.17, 15) is 0 Å². The van der Waals surface area contributed by atoms with Crippen LogP contribution in [0, 0.1) is 5.41 Å². The van der Waals surface area contributed by atoms with Gasteiger partial charge in [-0.1, -0.05) is 226 Å². The van der Waals surface area contributed by atoms with E-state index in [0.717, 1.165) is 6.54 Å². The number of halogens is 1. The quantitative estimate of drug-likeness (QED) is 0.0493. The Bertz CT molecular complexity index is 526. The molecule has 0 saturated carbocycles. The van der Waals surface area contributed by atoms with Gasteiger partial charge in [-0.3, -0.25) is 0 Å². The highest BCUT2D eigenvalue weighted by molar-refractivity contribution is 6.13. The summed E-state index contributed by atoms with van der Waals surface area (Å²) in [5.41, 5.74) is 0.421. The molecular weight excluding hydrogens is 554 g/mol. The van der Waals surface area contributed by atoms with E-state index in [0.29, 0.717) is 11.5 Å². The zero-order valence-corrected chi connectivity index (χ0v) is 31.8. The van der Waals surface area contributed by atoms with Crippen molar-refractivity contribution in [1.29, 1.82) is 0 Å². The first-order valence-electron chi connectivity index (χ1n) is 21.1. The second kappa shape index (κ2) is 31.8. The lowest BCUT2D eigenvalue weighted by atomic mass is 9.73. The molecule has 1 unspecified atom stereocenters. The Morgan fingerprint density at radius 1 is 0.432 bits per heavy atom. The molecule has 44 heavy (non-hydrogen) atoms. The Hall–Kier alpha value is 0.250. The van der Waals surface area contributed by atoms with Crippen LogP contribution in [0.25, 0.3) is 0 Å². The summed E-state index contributed by atoms with van der Waals surface area (Å²) in [5.74, 6) is 0. The molecule has 1 rings (SSSR count). The minimum absolute atomic E-state index is 0.421. The molecule has 1 heterocycles. The molecular formula is C42H84ClN. The highest BCUT2D eigenvalue weighted by Crippen LogP contribution is 2.42. The van der Waals surface area contributed by atoms with Crippen molar-refractivity contribution in [3.63, 3.8) is 0 Å². The highest BCUT2D eigenvalue weighted by Gasteiger charge is 2.39. The molecule has 1 nitrogen and oxygen atoms in total. The maximum atomic E-state index is 6.75. The van der Waals surface area contributed by atoms with E-state index in [4.69, 9.17) is 11.8 Å². The topological polar surface area (TPSA) is 3.24 Å². The Morgan fingerprint density at radius 3 is 0.909 bits per heavy atom. The third-order valence-electron chi connectivity index (χ3n) is 11.2. The van der Waals surface area contributed by atoms with Crippen LogP contribution in [0.5, 0.6) is 0 Å². The number of nitrogens with zero attached hydrogens (tertiary/aromatic N) is 1. The SMILES string of the molecule is CCCCCCCCCCCCCCCCCCC(C)(CCCCCCCCCCCCCCCCCC)C1CCCN1Cl. The molecule has 0 aromatic rings. The molecule has 1 aliphatic rings. The first kappa shape index (κ1) is 42.3. The van der Waals surface area contributed by atoms with Gasteiger partial charge in [0.05, 0.1) is 0 Å². The van der Waals surface area contributed by atoms with Crippen molar-refractivity contribution >= 4 is 11.8 Å². The summed E-state index contributed by atoms with van der Waals surface area (Å²) in [6.45, 7) is 8.31. The summed E-state index contributed by atoms with van der Waals surface area (Å²) in [4.78, 5) is 0. The normalized spacial score (nSPS) is 16.0.